The zero-order valence-corrected chi connectivity index (χ0v) is 33.9. The fourth-order valence-electron chi connectivity index (χ4n) is 9.13. The summed E-state index contributed by atoms with van der Waals surface area (Å²) in [5, 5.41) is 3.54. The molecule has 0 saturated heterocycles. The summed E-state index contributed by atoms with van der Waals surface area (Å²) >= 11 is 0. The SMILES string of the molecule is CN(C)c1ccccc1.C[c-]1[cH-][cH-][cH-][c-]1P(C1CCCCC1)C1CCCCC1.C[c-]1cccc1P(C1CCCCC1)C1CCCCC1.[Fe]. The first-order chi connectivity index (χ1) is 23.0. The minimum atomic E-state index is 0. The molecule has 0 N–H and O–H groups in total. The van der Waals surface area contributed by atoms with Crippen molar-refractivity contribution in [2.45, 2.75) is 165 Å². The van der Waals surface area contributed by atoms with Crippen LogP contribution in [0.1, 0.15) is 140 Å². The molecule has 0 amide bonds. The first-order valence-electron chi connectivity index (χ1n) is 19.8. The van der Waals surface area contributed by atoms with Crippen LogP contribution in [0.25, 0.3) is 0 Å². The van der Waals surface area contributed by atoms with Crippen LogP contribution in [0.4, 0.5) is 5.69 Å². The average molecular weight is 728 g/mol. The maximum Gasteiger partial charge on any atom is 0.0360 e. The van der Waals surface area contributed by atoms with Gasteiger partial charge in [-0.1, -0.05) is 121 Å². The van der Waals surface area contributed by atoms with Gasteiger partial charge in [0.25, 0.3) is 0 Å². The number of anilines is 1. The zero-order valence-electron chi connectivity index (χ0n) is 31.0. The van der Waals surface area contributed by atoms with Gasteiger partial charge < -0.3 is 34.0 Å². The van der Waals surface area contributed by atoms with E-state index in [0.29, 0.717) is 0 Å². The van der Waals surface area contributed by atoms with E-state index in [1.165, 1.54) is 134 Å². The Hall–Kier alpha value is -0.901. The van der Waals surface area contributed by atoms with Gasteiger partial charge in [-0.15, -0.1) is 5.30 Å². The van der Waals surface area contributed by atoms with Crippen LogP contribution in [0.5, 0.6) is 0 Å². The Morgan fingerprint density at radius 1 is 0.583 bits per heavy atom. The van der Waals surface area contributed by atoms with Gasteiger partial charge in [-0.2, -0.15) is 11.6 Å². The molecule has 0 unspecified atom stereocenters. The van der Waals surface area contributed by atoms with Gasteiger partial charge in [-0.05, 0) is 74.8 Å². The van der Waals surface area contributed by atoms with Gasteiger partial charge in [0.15, 0.2) is 0 Å². The number of benzene rings is 1. The maximum absolute atomic E-state index is 2.46. The van der Waals surface area contributed by atoms with Crippen molar-refractivity contribution in [1.82, 2.24) is 0 Å². The van der Waals surface area contributed by atoms with E-state index in [4.69, 9.17) is 0 Å². The van der Waals surface area contributed by atoms with E-state index in [1.807, 2.05) is 32.3 Å². The molecule has 1 nitrogen and oxygen atoms in total. The minimum absolute atomic E-state index is 0. The first-order valence-corrected chi connectivity index (χ1v) is 22.7. The summed E-state index contributed by atoms with van der Waals surface area (Å²) in [6.07, 6.45) is 30.1. The predicted molar refractivity (Wildman–Crippen MR) is 215 cm³/mol. The van der Waals surface area contributed by atoms with E-state index in [2.05, 4.69) is 67.3 Å². The normalized spacial score (nSPS) is 20.0. The van der Waals surface area contributed by atoms with Gasteiger partial charge in [0.1, 0.15) is 0 Å². The van der Waals surface area contributed by atoms with E-state index < -0.39 is 0 Å². The molecule has 3 aromatic rings. The number of hydrogen-bond acceptors (Lipinski definition) is 1. The summed E-state index contributed by atoms with van der Waals surface area (Å²) in [6, 6.07) is 24.5. The van der Waals surface area contributed by atoms with Crippen LogP contribution in [-0.4, -0.2) is 36.7 Å². The second-order valence-corrected chi connectivity index (χ2v) is 20.9. The molecule has 0 radical (unpaired) electrons. The summed E-state index contributed by atoms with van der Waals surface area (Å²) in [7, 11) is 4.32. The summed E-state index contributed by atoms with van der Waals surface area (Å²) in [6.45, 7) is 4.69. The molecule has 4 saturated carbocycles. The molecule has 272 valence electrons. The molecule has 4 fully saturated rings. The third-order valence-electron chi connectivity index (χ3n) is 11.7. The summed E-state index contributed by atoms with van der Waals surface area (Å²) in [5.74, 6) is 0. The van der Waals surface area contributed by atoms with Crippen LogP contribution in [0.3, 0.4) is 0 Å². The Balaban J connectivity index is 0.000000171. The fraction of sp³-hybridized carbons (Fsp3) is 0.636. The predicted octanol–water partition coefficient (Wildman–Crippen LogP) is 12.7. The minimum Gasteiger partial charge on any atom is -0.747 e. The quantitative estimate of drug-likeness (QED) is 0.133. The van der Waals surface area contributed by atoms with E-state index in [9.17, 15) is 0 Å². The number of hydrogen-bond donors (Lipinski definition) is 0. The number of para-hydroxylation sites is 1. The van der Waals surface area contributed by atoms with Gasteiger partial charge in [-0.25, -0.2) is 19.1 Å². The summed E-state index contributed by atoms with van der Waals surface area (Å²) in [5.41, 5.74) is 8.61. The Kier molecular flexibility index (Phi) is 17.8. The van der Waals surface area contributed by atoms with Crippen molar-refractivity contribution in [3.05, 3.63) is 77.9 Å². The van der Waals surface area contributed by atoms with Gasteiger partial charge in [0, 0.05) is 36.9 Å². The van der Waals surface area contributed by atoms with Crippen LogP contribution in [-0.2, 0) is 17.1 Å². The molecule has 0 bridgehead atoms. The largest absolute Gasteiger partial charge is 0.747 e. The molecule has 0 aromatic heterocycles. The van der Waals surface area contributed by atoms with Crippen LogP contribution in [0.15, 0.2) is 66.7 Å². The standard InChI is InChI=1S/2C18H28P.C8H11N.Fe/c2*1-15-9-8-14-18(15)19(16-10-4-2-5-11-16)17-12-6-3-7-13-17;1-9(2)8-6-4-3-5-7-8;/h2*8-9,14,16-17H,2-7,10-13H2,1H3;3-7H,1-2H3;/q-5;-1;;. The summed E-state index contributed by atoms with van der Waals surface area (Å²) in [4.78, 5) is 2.08. The van der Waals surface area contributed by atoms with E-state index in [-0.39, 0.29) is 32.9 Å². The van der Waals surface area contributed by atoms with Crippen LogP contribution in [0.2, 0.25) is 0 Å². The molecule has 48 heavy (non-hydrogen) atoms. The molecule has 0 spiro atoms. The Bertz CT molecular complexity index is 1130. The zero-order chi connectivity index (χ0) is 32.8. The van der Waals surface area contributed by atoms with Gasteiger partial charge >= 0.3 is 0 Å². The van der Waals surface area contributed by atoms with Crippen molar-refractivity contribution in [3.8, 4) is 0 Å². The fourth-order valence-corrected chi connectivity index (χ4v) is 17.1. The Morgan fingerprint density at radius 3 is 1.40 bits per heavy atom. The molecule has 4 aliphatic carbocycles. The van der Waals surface area contributed by atoms with Crippen LogP contribution in [0, 0.1) is 13.8 Å². The third kappa shape index (κ3) is 11.6. The van der Waals surface area contributed by atoms with E-state index in [0.717, 1.165) is 22.6 Å². The van der Waals surface area contributed by atoms with E-state index >= 15 is 0 Å². The Morgan fingerprint density at radius 2 is 1.04 bits per heavy atom. The molecular formula is C44H67FeNP2-6. The molecule has 0 aliphatic heterocycles. The van der Waals surface area contributed by atoms with Crippen molar-refractivity contribution in [2.24, 2.45) is 0 Å². The molecule has 4 aliphatic rings. The number of rotatable bonds is 7. The first kappa shape index (κ1) is 39.9. The van der Waals surface area contributed by atoms with E-state index in [1.54, 1.807) is 21.7 Å². The summed E-state index contributed by atoms with van der Waals surface area (Å²) < 4.78 is 0. The van der Waals surface area contributed by atoms with Crippen molar-refractivity contribution in [2.75, 3.05) is 19.0 Å². The van der Waals surface area contributed by atoms with Gasteiger partial charge in [-0.3, -0.25) is 7.92 Å². The average Bonchev–Trinajstić information content (AvgIpc) is 3.75. The molecule has 4 heteroatoms. The number of aryl methyl sites for hydroxylation is 2. The van der Waals surface area contributed by atoms with Gasteiger partial charge in [0.05, 0.1) is 0 Å². The van der Waals surface area contributed by atoms with Gasteiger partial charge in [0.2, 0.25) is 0 Å². The Labute approximate surface area is 309 Å². The monoisotopic (exact) mass is 727 g/mol. The van der Waals surface area contributed by atoms with Crippen molar-refractivity contribution in [1.29, 1.82) is 0 Å². The van der Waals surface area contributed by atoms with Crippen LogP contribution >= 0.6 is 15.8 Å². The topological polar surface area (TPSA) is 3.24 Å². The maximum atomic E-state index is 2.46. The molecule has 3 aromatic carbocycles. The molecule has 7 rings (SSSR count). The molecule has 0 heterocycles. The second-order valence-electron chi connectivity index (χ2n) is 15.4. The number of nitrogens with zero attached hydrogens (tertiary/aromatic N) is 1. The third-order valence-corrected chi connectivity index (χ3v) is 19.0. The smallest absolute Gasteiger partial charge is 0.0360 e. The van der Waals surface area contributed by atoms with Crippen molar-refractivity contribution >= 4 is 32.1 Å². The van der Waals surface area contributed by atoms with Crippen molar-refractivity contribution < 1.29 is 17.1 Å². The molecular weight excluding hydrogens is 660 g/mol. The van der Waals surface area contributed by atoms with Crippen LogP contribution < -0.4 is 15.5 Å². The molecule has 0 atom stereocenters. The second kappa shape index (κ2) is 21.5. The van der Waals surface area contributed by atoms with Crippen molar-refractivity contribution in [3.63, 3.8) is 0 Å².